The zero-order chi connectivity index (χ0) is 12.3. The SMILES string of the molecule is NCc1ccc(F)c(CN2CCC(O)CC2)c1. The Kier molecular flexibility index (Phi) is 4.10. The third-order valence-corrected chi connectivity index (χ3v) is 3.30. The first-order valence-electron chi connectivity index (χ1n) is 6.07. The van der Waals surface area contributed by atoms with Gasteiger partial charge in [0.05, 0.1) is 6.10 Å². The lowest BCUT2D eigenvalue weighted by Crippen LogP contribution is -2.35. The maximum absolute atomic E-state index is 13.6. The topological polar surface area (TPSA) is 49.5 Å². The van der Waals surface area contributed by atoms with Crippen molar-refractivity contribution in [3.63, 3.8) is 0 Å². The van der Waals surface area contributed by atoms with Gasteiger partial charge in [-0.2, -0.15) is 0 Å². The number of benzene rings is 1. The first kappa shape index (κ1) is 12.5. The molecule has 0 aromatic heterocycles. The first-order valence-corrected chi connectivity index (χ1v) is 6.07. The molecule has 0 aliphatic carbocycles. The van der Waals surface area contributed by atoms with Crippen LogP contribution in [0.15, 0.2) is 18.2 Å². The van der Waals surface area contributed by atoms with E-state index in [1.807, 2.05) is 6.07 Å². The number of aliphatic hydroxyl groups excluding tert-OH is 1. The highest BCUT2D eigenvalue weighted by molar-refractivity contribution is 5.25. The largest absolute Gasteiger partial charge is 0.393 e. The van der Waals surface area contributed by atoms with Gasteiger partial charge in [0.1, 0.15) is 5.82 Å². The highest BCUT2D eigenvalue weighted by atomic mass is 19.1. The Hall–Kier alpha value is -0.970. The van der Waals surface area contributed by atoms with E-state index in [9.17, 15) is 9.50 Å². The standard InChI is InChI=1S/C13H19FN2O/c14-13-2-1-10(8-15)7-11(13)9-16-5-3-12(17)4-6-16/h1-2,7,12,17H,3-6,8-9,15H2. The molecule has 1 saturated heterocycles. The molecule has 1 aromatic rings. The van der Waals surface area contributed by atoms with Crippen molar-refractivity contribution in [3.05, 3.63) is 35.1 Å². The van der Waals surface area contributed by atoms with Crippen LogP contribution in [0.2, 0.25) is 0 Å². The number of likely N-dealkylation sites (tertiary alicyclic amines) is 1. The lowest BCUT2D eigenvalue weighted by molar-refractivity contribution is 0.0787. The number of rotatable bonds is 3. The number of hydrogen-bond acceptors (Lipinski definition) is 3. The minimum absolute atomic E-state index is 0.173. The van der Waals surface area contributed by atoms with Crippen molar-refractivity contribution in [1.82, 2.24) is 4.90 Å². The van der Waals surface area contributed by atoms with Crippen LogP contribution >= 0.6 is 0 Å². The normalized spacial score (nSPS) is 18.5. The summed E-state index contributed by atoms with van der Waals surface area (Å²) in [6.07, 6.45) is 1.36. The van der Waals surface area contributed by atoms with E-state index in [0.717, 1.165) is 31.5 Å². The monoisotopic (exact) mass is 238 g/mol. The Labute approximate surface area is 101 Å². The van der Waals surface area contributed by atoms with Crippen molar-refractivity contribution in [3.8, 4) is 0 Å². The quantitative estimate of drug-likeness (QED) is 0.833. The van der Waals surface area contributed by atoms with Crippen LogP contribution in [-0.2, 0) is 13.1 Å². The van der Waals surface area contributed by atoms with Gasteiger partial charge in [-0.15, -0.1) is 0 Å². The molecular weight excluding hydrogens is 219 g/mol. The van der Waals surface area contributed by atoms with Crippen molar-refractivity contribution >= 4 is 0 Å². The molecule has 2 rings (SSSR count). The van der Waals surface area contributed by atoms with E-state index in [1.165, 1.54) is 6.07 Å². The number of nitrogens with zero attached hydrogens (tertiary/aromatic N) is 1. The molecular formula is C13H19FN2O. The van der Waals surface area contributed by atoms with E-state index < -0.39 is 0 Å². The van der Waals surface area contributed by atoms with E-state index in [1.54, 1.807) is 6.07 Å². The summed E-state index contributed by atoms with van der Waals surface area (Å²) >= 11 is 0. The second-order valence-corrected chi connectivity index (χ2v) is 4.64. The molecule has 0 saturated carbocycles. The van der Waals surface area contributed by atoms with Crippen molar-refractivity contribution in [2.45, 2.75) is 32.0 Å². The van der Waals surface area contributed by atoms with Gasteiger partial charge in [0.25, 0.3) is 0 Å². The maximum atomic E-state index is 13.6. The molecule has 1 aromatic carbocycles. The van der Waals surface area contributed by atoms with Gasteiger partial charge in [0.2, 0.25) is 0 Å². The van der Waals surface area contributed by atoms with Gasteiger partial charge in [-0.1, -0.05) is 12.1 Å². The lowest BCUT2D eigenvalue weighted by Gasteiger charge is -2.29. The van der Waals surface area contributed by atoms with Crippen LogP contribution in [0.25, 0.3) is 0 Å². The second-order valence-electron chi connectivity index (χ2n) is 4.64. The molecule has 0 spiro atoms. The van der Waals surface area contributed by atoms with Gasteiger partial charge in [0, 0.05) is 31.7 Å². The molecule has 17 heavy (non-hydrogen) atoms. The molecule has 0 atom stereocenters. The highest BCUT2D eigenvalue weighted by Crippen LogP contribution is 2.17. The highest BCUT2D eigenvalue weighted by Gasteiger charge is 2.18. The molecule has 94 valence electrons. The van der Waals surface area contributed by atoms with Crippen LogP contribution in [0.3, 0.4) is 0 Å². The Balaban J connectivity index is 2.02. The van der Waals surface area contributed by atoms with E-state index in [4.69, 9.17) is 5.73 Å². The van der Waals surface area contributed by atoms with Gasteiger partial charge in [-0.05, 0) is 24.5 Å². The fourth-order valence-corrected chi connectivity index (χ4v) is 2.19. The van der Waals surface area contributed by atoms with E-state index >= 15 is 0 Å². The number of piperidine rings is 1. The van der Waals surface area contributed by atoms with E-state index in [2.05, 4.69) is 4.90 Å². The van der Waals surface area contributed by atoms with Gasteiger partial charge in [-0.25, -0.2) is 4.39 Å². The number of nitrogens with two attached hydrogens (primary N) is 1. The molecule has 3 N–H and O–H groups in total. The summed E-state index contributed by atoms with van der Waals surface area (Å²) in [5, 5.41) is 9.41. The molecule has 0 bridgehead atoms. The summed E-state index contributed by atoms with van der Waals surface area (Å²) in [7, 11) is 0. The average molecular weight is 238 g/mol. The number of hydrogen-bond donors (Lipinski definition) is 2. The van der Waals surface area contributed by atoms with Crippen LogP contribution < -0.4 is 5.73 Å². The molecule has 1 aliphatic rings. The van der Waals surface area contributed by atoms with Crippen LogP contribution in [0, 0.1) is 5.82 Å². The molecule has 0 radical (unpaired) electrons. The summed E-state index contributed by atoms with van der Waals surface area (Å²) < 4.78 is 13.6. The molecule has 0 amide bonds. The first-order chi connectivity index (χ1) is 8.19. The molecule has 0 unspecified atom stereocenters. The van der Waals surface area contributed by atoms with Crippen LogP contribution in [0.4, 0.5) is 4.39 Å². The molecule has 4 heteroatoms. The minimum Gasteiger partial charge on any atom is -0.393 e. The van der Waals surface area contributed by atoms with Gasteiger partial charge in [0.15, 0.2) is 0 Å². The summed E-state index contributed by atoms with van der Waals surface area (Å²) in [4.78, 5) is 2.17. The fourth-order valence-electron chi connectivity index (χ4n) is 2.19. The van der Waals surface area contributed by atoms with Crippen LogP contribution in [0.1, 0.15) is 24.0 Å². The lowest BCUT2D eigenvalue weighted by atomic mass is 10.1. The second kappa shape index (κ2) is 5.58. The summed E-state index contributed by atoms with van der Waals surface area (Å²) in [5.74, 6) is -0.173. The van der Waals surface area contributed by atoms with Crippen molar-refractivity contribution < 1.29 is 9.50 Å². The van der Waals surface area contributed by atoms with Gasteiger partial charge in [-0.3, -0.25) is 4.90 Å². The minimum atomic E-state index is -0.188. The number of halogens is 1. The average Bonchev–Trinajstić information content (AvgIpc) is 2.35. The smallest absolute Gasteiger partial charge is 0.127 e. The Morgan fingerprint density at radius 2 is 2.06 bits per heavy atom. The molecule has 3 nitrogen and oxygen atoms in total. The van der Waals surface area contributed by atoms with E-state index in [0.29, 0.717) is 18.7 Å². The predicted molar refractivity (Wildman–Crippen MR) is 64.8 cm³/mol. The summed E-state index contributed by atoms with van der Waals surface area (Å²) in [5.41, 5.74) is 7.21. The third-order valence-electron chi connectivity index (χ3n) is 3.30. The Morgan fingerprint density at radius 3 is 2.71 bits per heavy atom. The molecule has 1 aliphatic heterocycles. The van der Waals surface area contributed by atoms with Gasteiger partial charge >= 0.3 is 0 Å². The van der Waals surface area contributed by atoms with Gasteiger partial charge < -0.3 is 10.8 Å². The Bertz CT molecular complexity index is 376. The fraction of sp³-hybridized carbons (Fsp3) is 0.538. The van der Waals surface area contributed by atoms with Crippen molar-refractivity contribution in [2.75, 3.05) is 13.1 Å². The Morgan fingerprint density at radius 1 is 1.35 bits per heavy atom. The molecule has 1 fully saturated rings. The zero-order valence-electron chi connectivity index (χ0n) is 9.90. The van der Waals surface area contributed by atoms with E-state index in [-0.39, 0.29) is 11.9 Å². The van der Waals surface area contributed by atoms with Crippen molar-refractivity contribution in [1.29, 1.82) is 0 Å². The zero-order valence-corrected chi connectivity index (χ0v) is 9.90. The maximum Gasteiger partial charge on any atom is 0.127 e. The van der Waals surface area contributed by atoms with Crippen LogP contribution in [-0.4, -0.2) is 29.2 Å². The third kappa shape index (κ3) is 3.25. The van der Waals surface area contributed by atoms with Crippen molar-refractivity contribution in [2.24, 2.45) is 5.73 Å². The van der Waals surface area contributed by atoms with Crippen LogP contribution in [0.5, 0.6) is 0 Å². The predicted octanol–water partition coefficient (Wildman–Crippen LogP) is 1.24. The number of aliphatic hydroxyl groups is 1. The summed E-state index contributed by atoms with van der Waals surface area (Å²) in [6, 6.07) is 5.04. The molecule has 1 heterocycles. The summed E-state index contributed by atoms with van der Waals surface area (Å²) in [6.45, 7) is 2.69.